The Hall–Kier alpha value is -6.66. The number of benzene rings is 8. The van der Waals surface area contributed by atoms with Gasteiger partial charge < -0.3 is 4.57 Å². The van der Waals surface area contributed by atoms with Crippen molar-refractivity contribution in [1.82, 2.24) is 14.5 Å². The normalized spacial score (nSPS) is 12.0. The van der Waals surface area contributed by atoms with Gasteiger partial charge in [0.1, 0.15) is 4.83 Å². The maximum Gasteiger partial charge on any atom is 0.161 e. The van der Waals surface area contributed by atoms with Crippen LogP contribution in [0.2, 0.25) is 0 Å². The summed E-state index contributed by atoms with van der Waals surface area (Å²) in [6, 6.07) is 63.6. The van der Waals surface area contributed by atoms with E-state index in [1.807, 2.05) is 17.4 Å². The highest BCUT2D eigenvalue weighted by atomic mass is 32.1. The third-order valence-electron chi connectivity index (χ3n) is 11.0. The quantitative estimate of drug-likeness (QED) is 0.180. The molecule has 0 spiro atoms. The number of fused-ring (bicyclic) bond motifs is 11. The van der Waals surface area contributed by atoms with Crippen molar-refractivity contribution in [2.75, 3.05) is 0 Å². The second-order valence-electron chi connectivity index (χ2n) is 14.1. The molecule has 12 aromatic rings. The first-order valence-electron chi connectivity index (χ1n) is 18.5. The smallest absolute Gasteiger partial charge is 0.161 e. The molecule has 0 atom stereocenters. The maximum absolute atomic E-state index is 5.33. The van der Waals surface area contributed by atoms with Crippen molar-refractivity contribution < 1.29 is 0 Å². The second kappa shape index (κ2) is 11.9. The zero-order valence-electron chi connectivity index (χ0n) is 29.4. The van der Waals surface area contributed by atoms with Crippen molar-refractivity contribution >= 4 is 95.7 Å². The predicted molar refractivity (Wildman–Crippen MR) is 236 cm³/mol. The lowest BCUT2D eigenvalue weighted by atomic mass is 10.0. The Kier molecular flexibility index (Phi) is 6.67. The second-order valence-corrected chi connectivity index (χ2v) is 16.3. The van der Waals surface area contributed by atoms with Gasteiger partial charge in [-0.15, -0.1) is 22.7 Å². The molecule has 0 bridgehead atoms. The van der Waals surface area contributed by atoms with Crippen LogP contribution in [0, 0.1) is 0 Å². The number of rotatable bonds is 4. The first-order chi connectivity index (χ1) is 27.2. The monoisotopic (exact) mass is 735 g/mol. The van der Waals surface area contributed by atoms with Gasteiger partial charge in [0.05, 0.1) is 16.7 Å². The number of hydrogen-bond acceptors (Lipinski definition) is 4. The molecule has 0 fully saturated rings. The fourth-order valence-electron chi connectivity index (χ4n) is 8.46. The molecule has 55 heavy (non-hydrogen) atoms. The molecule has 256 valence electrons. The highest BCUT2D eigenvalue weighted by Crippen LogP contribution is 2.43. The van der Waals surface area contributed by atoms with Crippen LogP contribution in [0.15, 0.2) is 176 Å². The summed E-state index contributed by atoms with van der Waals surface area (Å²) in [4.78, 5) is 11.5. The summed E-state index contributed by atoms with van der Waals surface area (Å²) in [5.74, 6) is 0.735. The fraction of sp³-hybridized carbons (Fsp3) is 0. The van der Waals surface area contributed by atoms with Crippen LogP contribution >= 0.6 is 22.7 Å². The Morgan fingerprint density at radius 1 is 0.382 bits per heavy atom. The van der Waals surface area contributed by atoms with Gasteiger partial charge in [-0.05, 0) is 70.4 Å². The summed E-state index contributed by atoms with van der Waals surface area (Å²) in [6.45, 7) is 0. The van der Waals surface area contributed by atoms with E-state index in [0.29, 0.717) is 0 Å². The summed E-state index contributed by atoms with van der Waals surface area (Å²) >= 11 is 3.60. The zero-order chi connectivity index (χ0) is 36.0. The van der Waals surface area contributed by atoms with Crippen LogP contribution in [0.3, 0.4) is 0 Å². The molecule has 8 aromatic carbocycles. The SMILES string of the molecule is c1ccc(-c2ccc(-c3nc(-c4ccc(-n5c6ccccc6c6cc7ccc8sc9ccccc9c8c7cc65)cc4)c4c(n3)sc3ccccc34)cc2)cc1. The average molecular weight is 736 g/mol. The van der Waals surface area contributed by atoms with Crippen LogP contribution in [0.5, 0.6) is 0 Å². The largest absolute Gasteiger partial charge is 0.309 e. The van der Waals surface area contributed by atoms with E-state index < -0.39 is 0 Å². The highest BCUT2D eigenvalue weighted by molar-refractivity contribution is 7.26. The van der Waals surface area contributed by atoms with E-state index >= 15 is 0 Å². The Bertz CT molecular complexity index is 3460. The van der Waals surface area contributed by atoms with E-state index in [9.17, 15) is 0 Å². The molecule has 0 saturated heterocycles. The Morgan fingerprint density at radius 3 is 1.82 bits per heavy atom. The van der Waals surface area contributed by atoms with Crippen molar-refractivity contribution in [2.45, 2.75) is 0 Å². The van der Waals surface area contributed by atoms with Gasteiger partial charge in [0, 0.05) is 63.2 Å². The molecule has 5 heteroatoms. The molecule has 0 amide bonds. The number of aromatic nitrogens is 3. The van der Waals surface area contributed by atoms with Crippen molar-refractivity contribution in [1.29, 1.82) is 0 Å². The van der Waals surface area contributed by atoms with Crippen molar-refractivity contribution in [2.24, 2.45) is 0 Å². The van der Waals surface area contributed by atoms with Gasteiger partial charge in [-0.25, -0.2) is 9.97 Å². The van der Waals surface area contributed by atoms with Gasteiger partial charge >= 0.3 is 0 Å². The molecular formula is C50H29N3S2. The lowest BCUT2D eigenvalue weighted by Crippen LogP contribution is -1.96. The average Bonchev–Trinajstić information content (AvgIpc) is 3.92. The molecule has 0 saturated carbocycles. The number of thiophene rings is 2. The molecule has 4 heterocycles. The topological polar surface area (TPSA) is 30.7 Å². The lowest BCUT2D eigenvalue weighted by molar-refractivity contribution is 1.18. The summed E-state index contributed by atoms with van der Waals surface area (Å²) in [5, 5.41) is 10.0. The summed E-state index contributed by atoms with van der Waals surface area (Å²) in [6.07, 6.45) is 0. The summed E-state index contributed by atoms with van der Waals surface area (Å²) in [7, 11) is 0. The molecule has 12 rings (SSSR count). The minimum atomic E-state index is 0.735. The van der Waals surface area contributed by atoms with E-state index in [4.69, 9.17) is 9.97 Å². The number of hydrogen-bond donors (Lipinski definition) is 0. The van der Waals surface area contributed by atoms with Gasteiger partial charge in [0.25, 0.3) is 0 Å². The molecule has 0 N–H and O–H groups in total. The molecular weight excluding hydrogens is 707 g/mol. The third kappa shape index (κ3) is 4.74. The zero-order valence-corrected chi connectivity index (χ0v) is 31.0. The highest BCUT2D eigenvalue weighted by Gasteiger charge is 2.19. The number of para-hydroxylation sites is 1. The minimum absolute atomic E-state index is 0.735. The summed E-state index contributed by atoms with van der Waals surface area (Å²) in [5.41, 5.74) is 8.92. The predicted octanol–water partition coefficient (Wildman–Crippen LogP) is 14.5. The van der Waals surface area contributed by atoms with Crippen LogP contribution in [0.25, 0.3) is 113 Å². The van der Waals surface area contributed by atoms with Crippen LogP contribution < -0.4 is 0 Å². The van der Waals surface area contributed by atoms with Gasteiger partial charge in [-0.1, -0.05) is 127 Å². The van der Waals surface area contributed by atoms with Gasteiger partial charge in [-0.3, -0.25) is 0 Å². The minimum Gasteiger partial charge on any atom is -0.309 e. The van der Waals surface area contributed by atoms with E-state index in [0.717, 1.165) is 38.5 Å². The van der Waals surface area contributed by atoms with E-state index in [2.05, 4.69) is 174 Å². The molecule has 0 radical (unpaired) electrons. The van der Waals surface area contributed by atoms with Gasteiger partial charge in [0.2, 0.25) is 0 Å². The Morgan fingerprint density at radius 2 is 1.02 bits per heavy atom. The molecule has 0 unspecified atom stereocenters. The van der Waals surface area contributed by atoms with Crippen LogP contribution in [0.1, 0.15) is 0 Å². The molecule has 0 aliphatic heterocycles. The van der Waals surface area contributed by atoms with Crippen LogP contribution in [-0.4, -0.2) is 14.5 Å². The third-order valence-corrected chi connectivity index (χ3v) is 13.2. The standard InChI is InChI=1S/C50H29N3S2/c1-2-10-30(11-3-1)31-18-20-33(21-19-31)49-51-48(47-38-14-6-9-17-44(38)55-50(47)52-49)32-22-25-35(26-23-32)53-41-15-7-4-12-36(41)40-28-34-24-27-45-46(39(34)29-42(40)53)37-13-5-8-16-43(37)54-45/h1-29H. The van der Waals surface area contributed by atoms with Gasteiger partial charge in [-0.2, -0.15) is 0 Å². The maximum atomic E-state index is 5.33. The molecule has 0 aliphatic rings. The Balaban J connectivity index is 1.04. The van der Waals surface area contributed by atoms with Crippen molar-refractivity contribution in [3.63, 3.8) is 0 Å². The van der Waals surface area contributed by atoms with E-state index in [1.165, 1.54) is 74.0 Å². The van der Waals surface area contributed by atoms with E-state index in [-0.39, 0.29) is 0 Å². The Labute approximate surface area is 324 Å². The molecule has 3 nitrogen and oxygen atoms in total. The first-order valence-corrected chi connectivity index (χ1v) is 20.1. The lowest BCUT2D eigenvalue weighted by Gasteiger charge is -2.12. The van der Waals surface area contributed by atoms with Crippen LogP contribution in [-0.2, 0) is 0 Å². The first kappa shape index (κ1) is 30.8. The van der Waals surface area contributed by atoms with Crippen molar-refractivity contribution in [3.8, 4) is 39.5 Å². The van der Waals surface area contributed by atoms with E-state index in [1.54, 1.807) is 11.3 Å². The van der Waals surface area contributed by atoms with Crippen molar-refractivity contribution in [3.05, 3.63) is 176 Å². The molecule has 4 aromatic heterocycles. The van der Waals surface area contributed by atoms with Gasteiger partial charge in [0.15, 0.2) is 5.82 Å². The van der Waals surface area contributed by atoms with Crippen LogP contribution in [0.4, 0.5) is 0 Å². The fourth-order valence-corrected chi connectivity index (χ4v) is 10.7. The summed E-state index contributed by atoms with van der Waals surface area (Å²) < 4.78 is 6.29. The number of nitrogens with zero attached hydrogens (tertiary/aromatic N) is 3. The molecule has 0 aliphatic carbocycles.